The van der Waals surface area contributed by atoms with Crippen LogP contribution in [-0.4, -0.2) is 4.98 Å². The van der Waals surface area contributed by atoms with E-state index >= 15 is 0 Å². The molecule has 0 aliphatic heterocycles. The zero-order valence-electron chi connectivity index (χ0n) is 8.45. The summed E-state index contributed by atoms with van der Waals surface area (Å²) in [6.45, 7) is 0.584. The Hall–Kier alpha value is -1.42. The van der Waals surface area contributed by atoms with Crippen molar-refractivity contribution in [3.8, 4) is 0 Å². The van der Waals surface area contributed by atoms with Crippen LogP contribution in [0.25, 0.3) is 0 Å². The average Bonchev–Trinajstić information content (AvgIpc) is 2.28. The minimum atomic E-state index is -0.215. The van der Waals surface area contributed by atoms with Crippen molar-refractivity contribution >= 4 is 21.6 Å². The molecule has 0 bridgehead atoms. The van der Waals surface area contributed by atoms with Gasteiger partial charge in [-0.3, -0.25) is 0 Å². The molecule has 1 aromatic carbocycles. The molecule has 0 aliphatic rings. The molecule has 0 atom stereocenters. The van der Waals surface area contributed by atoms with E-state index in [9.17, 15) is 4.39 Å². The maximum Gasteiger partial charge on any atom is 0.123 e. The van der Waals surface area contributed by atoms with Crippen LogP contribution in [0.3, 0.4) is 0 Å². The van der Waals surface area contributed by atoms with E-state index in [-0.39, 0.29) is 5.82 Å². The lowest BCUT2D eigenvalue weighted by molar-refractivity contribution is 0.626. The molecule has 0 unspecified atom stereocenters. The van der Waals surface area contributed by atoms with Gasteiger partial charge in [0.2, 0.25) is 0 Å². The van der Waals surface area contributed by atoms with Gasteiger partial charge in [0.15, 0.2) is 0 Å². The van der Waals surface area contributed by atoms with Crippen molar-refractivity contribution in [2.45, 2.75) is 6.54 Å². The summed E-state index contributed by atoms with van der Waals surface area (Å²) in [6, 6.07) is 10.3. The fourth-order valence-electron chi connectivity index (χ4n) is 1.33. The monoisotopic (exact) mass is 280 g/mol. The molecule has 1 heterocycles. The fraction of sp³-hybridized carbons (Fsp3) is 0.0833. The van der Waals surface area contributed by atoms with E-state index in [1.54, 1.807) is 12.3 Å². The molecule has 2 rings (SSSR count). The molecule has 1 aromatic heterocycles. The number of hydrogen-bond acceptors (Lipinski definition) is 2. The van der Waals surface area contributed by atoms with Gasteiger partial charge in [0.1, 0.15) is 10.4 Å². The molecule has 2 aromatic rings. The third-order valence-corrected chi connectivity index (χ3v) is 2.58. The highest BCUT2D eigenvalue weighted by Gasteiger charge is 1.96. The van der Waals surface area contributed by atoms with Crippen LogP contribution in [0.2, 0.25) is 0 Å². The van der Waals surface area contributed by atoms with Gasteiger partial charge in [-0.25, -0.2) is 9.37 Å². The van der Waals surface area contributed by atoms with Gasteiger partial charge in [0.25, 0.3) is 0 Å². The molecule has 0 amide bonds. The van der Waals surface area contributed by atoms with Gasteiger partial charge >= 0.3 is 0 Å². The molecule has 0 spiro atoms. The molecule has 1 N–H and O–H groups in total. The predicted molar refractivity (Wildman–Crippen MR) is 65.7 cm³/mol. The van der Waals surface area contributed by atoms with E-state index in [0.717, 1.165) is 15.9 Å². The van der Waals surface area contributed by atoms with Gasteiger partial charge in [-0.15, -0.1) is 0 Å². The highest BCUT2D eigenvalue weighted by Crippen LogP contribution is 2.12. The lowest BCUT2D eigenvalue weighted by atomic mass is 10.2. The van der Waals surface area contributed by atoms with Crippen LogP contribution in [0.5, 0.6) is 0 Å². The first kappa shape index (κ1) is 11.1. The molecule has 0 saturated heterocycles. The van der Waals surface area contributed by atoms with Crippen molar-refractivity contribution in [1.29, 1.82) is 0 Å². The maximum atomic E-state index is 12.9. The second kappa shape index (κ2) is 5.07. The van der Waals surface area contributed by atoms with Crippen molar-refractivity contribution in [3.05, 3.63) is 58.6 Å². The summed E-state index contributed by atoms with van der Waals surface area (Å²) in [5, 5.41) is 3.17. The van der Waals surface area contributed by atoms with Crippen LogP contribution in [0.4, 0.5) is 10.1 Å². The molecule has 0 fully saturated rings. The molecular formula is C12H10BrFN2. The molecule has 0 saturated carbocycles. The number of nitrogens with zero attached hydrogens (tertiary/aromatic N) is 1. The molecule has 16 heavy (non-hydrogen) atoms. The number of nitrogens with one attached hydrogen (secondary N) is 1. The van der Waals surface area contributed by atoms with E-state index in [4.69, 9.17) is 0 Å². The molecule has 0 radical (unpaired) electrons. The summed E-state index contributed by atoms with van der Waals surface area (Å²) < 4.78 is 13.7. The van der Waals surface area contributed by atoms with Crippen molar-refractivity contribution in [1.82, 2.24) is 4.98 Å². The lowest BCUT2D eigenvalue weighted by Gasteiger charge is -2.05. The van der Waals surface area contributed by atoms with Gasteiger partial charge in [-0.2, -0.15) is 0 Å². The minimum absolute atomic E-state index is 0.215. The first-order valence-corrected chi connectivity index (χ1v) is 5.63. The quantitative estimate of drug-likeness (QED) is 0.869. The molecular weight excluding hydrogens is 271 g/mol. The highest BCUT2D eigenvalue weighted by atomic mass is 79.9. The second-order valence-electron chi connectivity index (χ2n) is 3.35. The zero-order valence-corrected chi connectivity index (χ0v) is 10.0. The average molecular weight is 281 g/mol. The van der Waals surface area contributed by atoms with Crippen molar-refractivity contribution < 1.29 is 4.39 Å². The number of halogens is 2. The smallest absolute Gasteiger partial charge is 0.123 e. The maximum absolute atomic E-state index is 12.9. The third-order valence-electron chi connectivity index (χ3n) is 2.11. The Kier molecular flexibility index (Phi) is 3.51. The van der Waals surface area contributed by atoms with Gasteiger partial charge in [0, 0.05) is 6.54 Å². The summed E-state index contributed by atoms with van der Waals surface area (Å²) in [5.74, 6) is -0.215. The van der Waals surface area contributed by atoms with Gasteiger partial charge < -0.3 is 5.32 Å². The Morgan fingerprint density at radius 3 is 2.81 bits per heavy atom. The van der Waals surface area contributed by atoms with Crippen LogP contribution >= 0.6 is 15.9 Å². The first-order valence-electron chi connectivity index (χ1n) is 4.84. The Morgan fingerprint density at radius 1 is 1.25 bits per heavy atom. The standard InChI is InChI=1S/C12H10BrFN2/c13-12-5-4-11(8-16-12)15-7-9-2-1-3-10(14)6-9/h1-6,8,15H,7H2. The number of benzene rings is 1. The topological polar surface area (TPSA) is 24.9 Å². The normalized spacial score (nSPS) is 10.1. The lowest BCUT2D eigenvalue weighted by Crippen LogP contribution is -1.99. The Labute approximate surface area is 102 Å². The number of anilines is 1. The zero-order chi connectivity index (χ0) is 11.4. The number of aromatic nitrogens is 1. The van der Waals surface area contributed by atoms with Gasteiger partial charge in [-0.05, 0) is 45.8 Å². The van der Waals surface area contributed by atoms with Crippen LogP contribution in [0.1, 0.15) is 5.56 Å². The summed E-state index contributed by atoms with van der Waals surface area (Å²) >= 11 is 3.26. The number of rotatable bonds is 3. The highest BCUT2D eigenvalue weighted by molar-refractivity contribution is 9.10. The van der Waals surface area contributed by atoms with Crippen LogP contribution < -0.4 is 5.32 Å². The summed E-state index contributed by atoms with van der Waals surface area (Å²) in [4.78, 5) is 4.09. The number of pyridine rings is 1. The molecule has 82 valence electrons. The third kappa shape index (κ3) is 3.03. The van der Waals surface area contributed by atoms with Gasteiger partial charge in [0.05, 0.1) is 11.9 Å². The van der Waals surface area contributed by atoms with E-state index in [2.05, 4.69) is 26.2 Å². The second-order valence-corrected chi connectivity index (χ2v) is 4.17. The van der Waals surface area contributed by atoms with Crippen molar-refractivity contribution in [2.24, 2.45) is 0 Å². The summed E-state index contributed by atoms with van der Waals surface area (Å²) in [5.41, 5.74) is 1.82. The van der Waals surface area contributed by atoms with E-state index in [1.165, 1.54) is 12.1 Å². The van der Waals surface area contributed by atoms with E-state index in [0.29, 0.717) is 6.54 Å². The molecule has 0 aliphatic carbocycles. The Morgan fingerprint density at radius 2 is 2.12 bits per heavy atom. The predicted octanol–water partition coefficient (Wildman–Crippen LogP) is 3.60. The Balaban J connectivity index is 1.99. The van der Waals surface area contributed by atoms with Crippen LogP contribution in [0, 0.1) is 5.82 Å². The summed E-state index contributed by atoms with van der Waals surface area (Å²) in [7, 11) is 0. The van der Waals surface area contributed by atoms with Crippen LogP contribution in [-0.2, 0) is 6.54 Å². The number of hydrogen-bond donors (Lipinski definition) is 1. The van der Waals surface area contributed by atoms with Gasteiger partial charge in [-0.1, -0.05) is 12.1 Å². The van der Waals surface area contributed by atoms with E-state index in [1.807, 2.05) is 18.2 Å². The van der Waals surface area contributed by atoms with Crippen molar-refractivity contribution in [2.75, 3.05) is 5.32 Å². The van der Waals surface area contributed by atoms with Crippen molar-refractivity contribution in [3.63, 3.8) is 0 Å². The SMILES string of the molecule is Fc1cccc(CNc2ccc(Br)nc2)c1. The van der Waals surface area contributed by atoms with Crippen LogP contribution in [0.15, 0.2) is 47.2 Å². The first-order chi connectivity index (χ1) is 7.74. The van der Waals surface area contributed by atoms with E-state index < -0.39 is 0 Å². The largest absolute Gasteiger partial charge is 0.380 e. The molecule has 2 nitrogen and oxygen atoms in total. The fourth-order valence-corrected chi connectivity index (χ4v) is 1.57. The Bertz CT molecular complexity index is 471. The molecule has 4 heteroatoms. The summed E-state index contributed by atoms with van der Waals surface area (Å²) in [6.07, 6.45) is 1.73. The minimum Gasteiger partial charge on any atom is -0.380 e.